The summed E-state index contributed by atoms with van der Waals surface area (Å²) in [6, 6.07) is 0. The molecule has 21 heavy (non-hydrogen) atoms. The van der Waals surface area contributed by atoms with Crippen molar-refractivity contribution in [3.63, 3.8) is 0 Å². The van der Waals surface area contributed by atoms with Crippen LogP contribution in [0.15, 0.2) is 47.7 Å². The Kier molecular flexibility index (Phi) is 9.26. The molecule has 0 unspecified atom stereocenters. The average Bonchev–Trinajstić information content (AvgIpc) is 2.47. The lowest BCUT2D eigenvalue weighted by molar-refractivity contribution is 0.0692. The smallest absolute Gasteiger partial charge is 0.370 e. The Bertz CT molecular complexity index is 375. The minimum absolute atomic E-state index is 0.657. The first-order chi connectivity index (χ1) is 10.3. The van der Waals surface area contributed by atoms with E-state index in [1.54, 1.807) is 0 Å². The lowest BCUT2D eigenvalue weighted by Crippen LogP contribution is -2.48. The van der Waals surface area contributed by atoms with Gasteiger partial charge >= 0.3 is 8.80 Å². The zero-order chi connectivity index (χ0) is 15.4. The molecular formula is C17H28O3Si. The van der Waals surface area contributed by atoms with E-state index in [1.165, 1.54) is 0 Å². The summed E-state index contributed by atoms with van der Waals surface area (Å²) < 4.78 is 18.4. The molecule has 0 radical (unpaired) electrons. The molecule has 1 rings (SSSR count). The van der Waals surface area contributed by atoms with Crippen molar-refractivity contribution in [1.82, 2.24) is 0 Å². The Hall–Kier alpha value is -0.943. The molecule has 0 heterocycles. The van der Waals surface area contributed by atoms with E-state index >= 15 is 0 Å². The Morgan fingerprint density at radius 1 is 0.714 bits per heavy atom. The van der Waals surface area contributed by atoms with E-state index in [0.29, 0.717) is 19.8 Å². The van der Waals surface area contributed by atoms with Crippen molar-refractivity contribution in [2.45, 2.75) is 40.0 Å². The molecule has 0 saturated heterocycles. The van der Waals surface area contributed by atoms with Gasteiger partial charge < -0.3 is 13.3 Å². The van der Waals surface area contributed by atoms with E-state index in [2.05, 4.69) is 20.8 Å². The fourth-order valence-corrected chi connectivity index (χ4v) is 4.62. The summed E-state index contributed by atoms with van der Waals surface area (Å²) in [5.74, 6) is 0. The van der Waals surface area contributed by atoms with Crippen LogP contribution < -0.4 is 0 Å². The molecule has 0 aliphatic heterocycles. The van der Waals surface area contributed by atoms with Crippen LogP contribution in [0.4, 0.5) is 0 Å². The number of allylic oxidation sites excluding steroid dienone is 8. The normalized spacial score (nSPS) is 14.9. The minimum atomic E-state index is -2.82. The van der Waals surface area contributed by atoms with Crippen LogP contribution in [0.3, 0.4) is 0 Å². The van der Waals surface area contributed by atoms with Gasteiger partial charge in [0, 0.05) is 25.0 Å². The second-order valence-corrected chi connectivity index (χ2v) is 7.41. The highest BCUT2D eigenvalue weighted by atomic mass is 28.4. The predicted octanol–water partition coefficient (Wildman–Crippen LogP) is 4.35. The van der Waals surface area contributed by atoms with Crippen molar-refractivity contribution < 1.29 is 13.3 Å². The highest BCUT2D eigenvalue weighted by molar-refractivity contribution is 6.69. The molecule has 118 valence electrons. The third kappa shape index (κ3) is 6.14. The van der Waals surface area contributed by atoms with E-state index < -0.39 is 8.80 Å². The highest BCUT2D eigenvalue weighted by Crippen LogP contribution is 2.23. The number of hydrogen-bond donors (Lipinski definition) is 0. The summed E-state index contributed by atoms with van der Waals surface area (Å²) in [5.41, 5.74) is 0. The van der Waals surface area contributed by atoms with E-state index in [4.69, 9.17) is 13.3 Å². The molecule has 0 atom stereocenters. The second kappa shape index (κ2) is 10.7. The summed E-state index contributed by atoms with van der Waals surface area (Å²) in [6.45, 7) is 8.27. The standard InChI is InChI=1S/C17H28O3Si/c1-4-14-18-21(19-15-5-2,20-16-6-3)17-12-10-8-7-9-11-13-17/h7-13H,4-6,14-16H2,1-3H3. The number of hydrogen-bond acceptors (Lipinski definition) is 3. The molecule has 1 aliphatic rings. The maximum atomic E-state index is 6.14. The summed E-state index contributed by atoms with van der Waals surface area (Å²) in [6.07, 6.45) is 17.0. The first-order valence-electron chi connectivity index (χ1n) is 7.93. The van der Waals surface area contributed by atoms with E-state index in [-0.39, 0.29) is 0 Å². The first-order valence-corrected chi connectivity index (χ1v) is 9.65. The fraction of sp³-hybridized carbons (Fsp3) is 0.529. The molecule has 4 heteroatoms. The number of rotatable bonds is 10. The van der Waals surface area contributed by atoms with Gasteiger partial charge in [-0.1, -0.05) is 63.3 Å². The molecule has 0 N–H and O–H groups in total. The SMILES string of the molecule is CCCO[Si](OCCC)(OCCC)C1=CC=CC=CC=C1. The van der Waals surface area contributed by atoms with Gasteiger partial charge in [-0.15, -0.1) is 0 Å². The van der Waals surface area contributed by atoms with Crippen molar-refractivity contribution in [1.29, 1.82) is 0 Å². The van der Waals surface area contributed by atoms with Crippen LogP contribution in [-0.4, -0.2) is 28.6 Å². The van der Waals surface area contributed by atoms with Gasteiger partial charge in [0.1, 0.15) is 0 Å². The summed E-state index contributed by atoms with van der Waals surface area (Å²) in [7, 11) is -2.82. The molecule has 0 saturated carbocycles. The fourth-order valence-electron chi connectivity index (χ4n) is 1.85. The zero-order valence-corrected chi connectivity index (χ0v) is 14.5. The quantitative estimate of drug-likeness (QED) is 0.561. The summed E-state index contributed by atoms with van der Waals surface area (Å²) >= 11 is 0. The molecule has 0 aromatic heterocycles. The lowest BCUT2D eigenvalue weighted by Gasteiger charge is -2.30. The topological polar surface area (TPSA) is 27.7 Å². The lowest BCUT2D eigenvalue weighted by atomic mass is 10.3. The molecule has 0 bridgehead atoms. The van der Waals surface area contributed by atoms with Gasteiger partial charge in [0.15, 0.2) is 0 Å². The van der Waals surface area contributed by atoms with Crippen LogP contribution in [0.5, 0.6) is 0 Å². The molecule has 0 amide bonds. The monoisotopic (exact) mass is 308 g/mol. The van der Waals surface area contributed by atoms with Crippen molar-refractivity contribution >= 4 is 8.80 Å². The van der Waals surface area contributed by atoms with Gasteiger partial charge in [-0.05, 0) is 19.3 Å². The van der Waals surface area contributed by atoms with Gasteiger partial charge in [-0.3, -0.25) is 0 Å². The largest absolute Gasteiger partial charge is 0.537 e. The predicted molar refractivity (Wildman–Crippen MR) is 90.0 cm³/mol. The van der Waals surface area contributed by atoms with Crippen LogP contribution in [-0.2, 0) is 13.3 Å². The molecule has 3 nitrogen and oxygen atoms in total. The van der Waals surface area contributed by atoms with Crippen molar-refractivity contribution in [2.24, 2.45) is 0 Å². The van der Waals surface area contributed by atoms with Crippen molar-refractivity contribution in [3.8, 4) is 0 Å². The van der Waals surface area contributed by atoms with Gasteiger partial charge in [-0.2, -0.15) is 0 Å². The summed E-state index contributed by atoms with van der Waals surface area (Å²) in [4.78, 5) is 0. The Labute approximate surface area is 130 Å². The van der Waals surface area contributed by atoms with Gasteiger partial charge in [0.2, 0.25) is 0 Å². The van der Waals surface area contributed by atoms with Crippen LogP contribution in [0.1, 0.15) is 40.0 Å². The first kappa shape index (κ1) is 18.1. The van der Waals surface area contributed by atoms with Gasteiger partial charge in [0.05, 0.1) is 0 Å². The van der Waals surface area contributed by atoms with Crippen LogP contribution in [0, 0.1) is 0 Å². The molecule has 1 aliphatic carbocycles. The zero-order valence-electron chi connectivity index (χ0n) is 13.5. The Morgan fingerprint density at radius 2 is 1.19 bits per heavy atom. The third-order valence-corrected chi connectivity index (χ3v) is 5.63. The third-order valence-electron chi connectivity index (χ3n) is 2.84. The van der Waals surface area contributed by atoms with Crippen LogP contribution >= 0.6 is 0 Å². The molecule has 0 aromatic rings. The van der Waals surface area contributed by atoms with E-state index in [9.17, 15) is 0 Å². The van der Waals surface area contributed by atoms with Crippen LogP contribution in [0.25, 0.3) is 0 Å². The highest BCUT2D eigenvalue weighted by Gasteiger charge is 2.44. The Morgan fingerprint density at radius 3 is 1.71 bits per heavy atom. The second-order valence-electron chi connectivity index (χ2n) is 4.85. The maximum absolute atomic E-state index is 6.14. The molecule has 0 fully saturated rings. The molecule has 0 spiro atoms. The van der Waals surface area contributed by atoms with E-state index in [1.807, 2.05) is 42.5 Å². The van der Waals surface area contributed by atoms with Gasteiger partial charge in [0.25, 0.3) is 0 Å². The Balaban J connectivity index is 3.04. The van der Waals surface area contributed by atoms with Crippen LogP contribution in [0.2, 0.25) is 0 Å². The summed E-state index contributed by atoms with van der Waals surface area (Å²) in [5, 5.41) is 1.03. The van der Waals surface area contributed by atoms with E-state index in [0.717, 1.165) is 24.5 Å². The maximum Gasteiger partial charge on any atom is 0.537 e. The molecule has 0 aromatic carbocycles. The molecular weight excluding hydrogens is 280 g/mol. The minimum Gasteiger partial charge on any atom is -0.370 e. The average molecular weight is 308 g/mol. The van der Waals surface area contributed by atoms with Gasteiger partial charge in [-0.25, -0.2) is 0 Å². The van der Waals surface area contributed by atoms with Crippen molar-refractivity contribution in [2.75, 3.05) is 19.8 Å². The van der Waals surface area contributed by atoms with Crippen molar-refractivity contribution in [3.05, 3.63) is 47.7 Å².